The fourth-order valence-electron chi connectivity index (χ4n) is 14.6. The van der Waals surface area contributed by atoms with Gasteiger partial charge in [0.15, 0.2) is 17.1 Å². The number of methoxy groups -OCH3 is 2. The average molecular weight is 1200 g/mol. The molecule has 2 aliphatic heterocycles. The van der Waals surface area contributed by atoms with Gasteiger partial charge in [0, 0.05) is 0 Å². The third kappa shape index (κ3) is 15.1. The Bertz CT molecular complexity index is 2430. The number of nitriles is 1. The van der Waals surface area contributed by atoms with E-state index in [4.69, 9.17) is 35.0 Å². The Morgan fingerprint density at radius 1 is 0.476 bits per heavy atom. The second kappa shape index (κ2) is 29.8. The number of carbonyl (C=O) groups is 6. The van der Waals surface area contributed by atoms with E-state index in [1.165, 1.54) is 52.7 Å². The lowest BCUT2D eigenvalue weighted by Gasteiger charge is -2.37. The van der Waals surface area contributed by atoms with Gasteiger partial charge in [-0.2, -0.15) is 5.26 Å². The SMILES string of the molecule is [C-]#[N+]C(C(=O)OC)=C1Sc2c(OC(=O)C3CCC(C4CCC(OC(=O)C5CCC(CCCC)CC5)CC4)CC3)c3c(c(OC(=O)C4CCC(C5CCC(OC(=O)C6CCC(CCCC)CC6)CC5)CC4)c2S1)SC(=C(C#N)C(=O)OC)S3. The number of unbranched alkanes of at least 4 members (excludes halogenated alkanes) is 2. The summed E-state index contributed by atoms with van der Waals surface area (Å²) in [7, 11) is 2.39. The van der Waals surface area contributed by atoms with Gasteiger partial charge in [-0.3, -0.25) is 24.0 Å². The van der Waals surface area contributed by atoms with E-state index in [1.54, 1.807) is 0 Å². The largest absolute Gasteiger partial charge is 0.474 e. The first-order chi connectivity index (χ1) is 39.8. The molecule has 446 valence electrons. The smallest absolute Gasteiger partial charge is 0.350 e. The summed E-state index contributed by atoms with van der Waals surface area (Å²) in [6.07, 6.45) is 29.0. The van der Waals surface area contributed by atoms with Crippen molar-refractivity contribution in [3.05, 3.63) is 31.2 Å². The van der Waals surface area contributed by atoms with Gasteiger partial charge in [0.25, 0.3) is 5.70 Å². The highest BCUT2D eigenvalue weighted by atomic mass is 32.2. The van der Waals surface area contributed by atoms with Gasteiger partial charge < -0.3 is 28.4 Å². The van der Waals surface area contributed by atoms with E-state index in [9.17, 15) is 34.0 Å². The van der Waals surface area contributed by atoms with Crippen molar-refractivity contribution in [1.82, 2.24) is 0 Å². The molecule has 14 nitrogen and oxygen atoms in total. The van der Waals surface area contributed by atoms with E-state index >= 15 is 0 Å². The van der Waals surface area contributed by atoms with Crippen molar-refractivity contribution in [1.29, 1.82) is 5.26 Å². The Balaban J connectivity index is 0.845. The number of hydrogen-bond acceptors (Lipinski definition) is 17. The van der Waals surface area contributed by atoms with Gasteiger partial charge in [0.1, 0.15) is 18.3 Å². The van der Waals surface area contributed by atoms with Crippen LogP contribution in [0, 0.1) is 77.1 Å². The van der Waals surface area contributed by atoms with Crippen LogP contribution in [-0.4, -0.2) is 62.2 Å². The van der Waals surface area contributed by atoms with Crippen LogP contribution < -0.4 is 9.47 Å². The molecule has 0 atom stereocenters. The molecule has 0 saturated heterocycles. The first kappa shape index (κ1) is 62.4. The van der Waals surface area contributed by atoms with E-state index in [-0.39, 0.29) is 67.2 Å². The zero-order valence-corrected chi connectivity index (χ0v) is 51.8. The Labute approximate surface area is 502 Å². The third-order valence-electron chi connectivity index (χ3n) is 19.7. The molecule has 1 aromatic carbocycles. The Morgan fingerprint density at radius 3 is 1.13 bits per heavy atom. The van der Waals surface area contributed by atoms with Crippen LogP contribution in [0.25, 0.3) is 4.85 Å². The number of fused-ring (bicyclic) bond motifs is 2. The summed E-state index contributed by atoms with van der Waals surface area (Å²) >= 11 is 4.25. The highest BCUT2D eigenvalue weighted by Gasteiger charge is 2.44. The van der Waals surface area contributed by atoms with Crippen molar-refractivity contribution < 1.29 is 57.2 Å². The maximum absolute atomic E-state index is 14.5. The Kier molecular flexibility index (Phi) is 22.7. The first-order valence-electron chi connectivity index (χ1n) is 31.0. The van der Waals surface area contributed by atoms with Crippen LogP contribution in [-0.2, 0) is 47.7 Å². The van der Waals surface area contributed by atoms with Gasteiger partial charge in [-0.25, -0.2) is 9.64 Å². The number of rotatable bonds is 18. The summed E-state index contributed by atoms with van der Waals surface area (Å²) in [6.45, 7) is 12.4. The summed E-state index contributed by atoms with van der Waals surface area (Å²) in [4.78, 5) is 86.6. The number of ether oxygens (including phenoxy) is 6. The van der Waals surface area contributed by atoms with E-state index in [0.29, 0.717) is 68.9 Å². The lowest BCUT2D eigenvalue weighted by atomic mass is 9.70. The minimum atomic E-state index is -0.841. The van der Waals surface area contributed by atoms with Crippen LogP contribution in [0.4, 0.5) is 0 Å². The molecule has 0 spiro atoms. The van der Waals surface area contributed by atoms with Gasteiger partial charge in [0.2, 0.25) is 0 Å². The van der Waals surface area contributed by atoms with Crippen LogP contribution in [0.1, 0.15) is 206 Å². The summed E-state index contributed by atoms with van der Waals surface area (Å²) in [5, 5.41) is 10.2. The second-order valence-electron chi connectivity index (χ2n) is 24.6. The monoisotopic (exact) mass is 1200 g/mol. The number of carbonyl (C=O) groups excluding carboxylic acids is 6. The zero-order valence-electron chi connectivity index (χ0n) is 48.6. The molecule has 0 unspecified atom stereocenters. The van der Waals surface area contributed by atoms with Crippen LogP contribution in [0.2, 0.25) is 0 Å². The molecule has 0 amide bonds. The third-order valence-corrected chi connectivity index (χ3v) is 24.8. The lowest BCUT2D eigenvalue weighted by Crippen LogP contribution is -2.33. The summed E-state index contributed by atoms with van der Waals surface area (Å²) in [6, 6.07) is 1.98. The number of hydrogen-bond donors (Lipinski definition) is 0. The van der Waals surface area contributed by atoms with Crippen LogP contribution in [0.3, 0.4) is 0 Å². The summed E-state index contributed by atoms with van der Waals surface area (Å²) in [5.74, 6) is 0.338. The number of esters is 6. The molecule has 0 bridgehead atoms. The average Bonchev–Trinajstić information content (AvgIpc) is 4.33. The topological polar surface area (TPSA) is 186 Å². The van der Waals surface area contributed by atoms with Crippen molar-refractivity contribution in [2.45, 2.75) is 238 Å². The van der Waals surface area contributed by atoms with Crippen molar-refractivity contribution >= 4 is 82.9 Å². The quantitative estimate of drug-likeness (QED) is 0.0337. The molecule has 1 aromatic rings. The van der Waals surface area contributed by atoms with Gasteiger partial charge in [-0.1, -0.05) is 99.4 Å². The van der Waals surface area contributed by atoms with Crippen LogP contribution >= 0.6 is 47.0 Å². The van der Waals surface area contributed by atoms with Gasteiger partial charge in [-0.05, 0) is 190 Å². The number of thioether (sulfide) groups is 4. The molecule has 6 saturated carbocycles. The number of benzene rings is 1. The van der Waals surface area contributed by atoms with E-state index < -0.39 is 35.7 Å². The molecular weight excluding hydrogens is 1120 g/mol. The normalized spacial score (nSPS) is 29.8. The van der Waals surface area contributed by atoms with Crippen molar-refractivity contribution in [3.63, 3.8) is 0 Å². The van der Waals surface area contributed by atoms with Gasteiger partial charge in [0.05, 0.1) is 72.5 Å². The molecule has 6 fully saturated rings. The number of nitrogens with zero attached hydrogens (tertiary/aromatic N) is 2. The standard InChI is InChI=1S/C64H84N2O12S4/c1-6-8-10-37-12-16-43(17-13-37)57(67)75-47-32-28-41(29-33-47)39-20-24-45(25-21-39)59(69)77-51-53-54(80-63(79-53)49(36-65)61(71)73-4)52(56-55(51)81-64(82-56)50(66-3)62(72)74-5)78-60(70)46-26-22-40(23-27-46)42-30-34-48(35-31-42)76-58(68)44-18-14-38(15-19-44)11-9-7-2/h37-48H,6-35H2,1-2,4-5H3. The van der Waals surface area contributed by atoms with E-state index in [2.05, 4.69) is 18.7 Å². The Hall–Kier alpha value is -4.10. The van der Waals surface area contributed by atoms with Crippen LogP contribution in [0.15, 0.2) is 39.3 Å². The van der Waals surface area contributed by atoms with Crippen LogP contribution in [0.5, 0.6) is 11.5 Å². The highest BCUT2D eigenvalue weighted by molar-refractivity contribution is 8.26. The fourth-order valence-corrected chi connectivity index (χ4v) is 19.9. The summed E-state index contributed by atoms with van der Waals surface area (Å²) in [5.41, 5.74) is -0.514. The molecular formula is C64H84N2O12S4. The van der Waals surface area contributed by atoms with E-state index in [1.807, 2.05) is 6.07 Å². The minimum absolute atomic E-state index is 0.00879. The molecule has 9 rings (SSSR count). The molecule has 0 aromatic heterocycles. The van der Waals surface area contributed by atoms with Crippen molar-refractivity contribution in [2.75, 3.05) is 14.2 Å². The predicted octanol–water partition coefficient (Wildman–Crippen LogP) is 15.9. The van der Waals surface area contributed by atoms with Crippen molar-refractivity contribution in [2.24, 2.45) is 59.2 Å². The minimum Gasteiger partial charge on any atom is -0.474 e. The lowest BCUT2D eigenvalue weighted by molar-refractivity contribution is -0.158. The van der Waals surface area contributed by atoms with E-state index in [0.717, 1.165) is 187 Å². The van der Waals surface area contributed by atoms with Gasteiger partial charge in [-0.15, -0.1) is 0 Å². The molecule has 6 aliphatic carbocycles. The maximum Gasteiger partial charge on any atom is 0.350 e. The first-order valence-corrected chi connectivity index (χ1v) is 34.3. The molecule has 18 heteroatoms. The predicted molar refractivity (Wildman–Crippen MR) is 316 cm³/mol. The Morgan fingerprint density at radius 2 is 0.805 bits per heavy atom. The maximum atomic E-state index is 14.5. The van der Waals surface area contributed by atoms with Crippen molar-refractivity contribution in [3.8, 4) is 17.6 Å². The molecule has 82 heavy (non-hydrogen) atoms. The highest BCUT2D eigenvalue weighted by Crippen LogP contribution is 2.69. The molecule has 0 radical (unpaired) electrons. The molecule has 8 aliphatic rings. The second-order valence-corrected chi connectivity index (χ2v) is 29.2. The fraction of sp³-hybridized carbons (Fsp3) is 0.719. The molecule has 2 heterocycles. The zero-order chi connectivity index (χ0) is 57.9. The summed E-state index contributed by atoms with van der Waals surface area (Å²) < 4.78 is 35.8. The van der Waals surface area contributed by atoms with Gasteiger partial charge >= 0.3 is 35.8 Å². The molecule has 0 N–H and O–H groups in total.